The molecule has 3 nitrogen and oxygen atoms in total. The molecule has 76 heavy (non-hydrogen) atoms. The Bertz CT molecular complexity index is 4070. The zero-order chi connectivity index (χ0) is 50.5. The molecule has 0 saturated carbocycles. The van der Waals surface area contributed by atoms with E-state index in [4.69, 9.17) is 15.0 Å². The van der Waals surface area contributed by atoms with Crippen molar-refractivity contribution in [2.24, 2.45) is 0 Å². The fourth-order valence-corrected chi connectivity index (χ4v) is 24.5. The van der Waals surface area contributed by atoms with Crippen molar-refractivity contribution >= 4 is 121 Å². The van der Waals surface area contributed by atoms with Gasteiger partial charge in [0.15, 0.2) is 33.6 Å². The number of benzene rings is 11. The molecule has 0 bridgehead atoms. The van der Waals surface area contributed by atoms with Gasteiger partial charge in [-0.3, -0.25) is 0 Å². The van der Waals surface area contributed by atoms with Gasteiger partial charge in [-0.15, -0.1) is 22.7 Å². The lowest BCUT2D eigenvalue weighted by Gasteiger charge is -2.35. The second-order valence-corrected chi connectivity index (χ2v) is 29.1. The highest BCUT2D eigenvalue weighted by Gasteiger charge is 2.45. The van der Waals surface area contributed by atoms with E-state index in [9.17, 15) is 0 Å². The predicted octanol–water partition coefficient (Wildman–Crippen LogP) is 12.4. The minimum absolute atomic E-state index is 0.628. The highest BCUT2D eigenvalue weighted by atomic mass is 32.1. The smallest absolute Gasteiger partial charge is 0.180 e. The first kappa shape index (κ1) is 45.9. The molecule has 3 aromatic heterocycles. The third-order valence-corrected chi connectivity index (χ3v) is 27.1. The molecule has 0 unspecified atom stereocenters. The van der Waals surface area contributed by atoms with Crippen molar-refractivity contribution in [1.82, 2.24) is 15.0 Å². The Morgan fingerprint density at radius 3 is 0.921 bits per heavy atom. The molecule has 7 heteroatoms. The van der Waals surface area contributed by atoms with Crippen molar-refractivity contribution in [1.29, 1.82) is 0 Å². The fraction of sp³-hybridized carbons (Fsp3) is 0. The molecule has 0 fully saturated rings. The number of nitrogens with zero attached hydrogens (tertiary/aromatic N) is 3. The van der Waals surface area contributed by atoms with Crippen LogP contribution < -0.4 is 41.5 Å². The van der Waals surface area contributed by atoms with Gasteiger partial charge in [0.05, 0.1) is 0 Å². The highest BCUT2D eigenvalue weighted by molar-refractivity contribution is 7.28. The minimum atomic E-state index is -3.08. The zero-order valence-corrected chi connectivity index (χ0v) is 44.9. The molecule has 11 aromatic carbocycles. The SMILES string of the molecule is c1ccc(-c2nc(-c3cccc([Si](c4ccccc4)(c4ccccc4)c4cccc5sc6ccccc6c45)c3)nc(-c3cccc([Si](c4ccccc4)(c4ccccc4)c4cccc5sc6ccccc6c45)c3)n2)cc1. The molecule has 14 rings (SSSR count). The molecule has 0 aliphatic heterocycles. The molecular formula is C69H47N3S2Si2. The van der Waals surface area contributed by atoms with Crippen molar-refractivity contribution in [3.05, 3.63) is 285 Å². The van der Waals surface area contributed by atoms with Gasteiger partial charge in [0.2, 0.25) is 0 Å². The van der Waals surface area contributed by atoms with Gasteiger partial charge >= 0.3 is 0 Å². The second-order valence-electron chi connectivity index (χ2n) is 19.4. The summed E-state index contributed by atoms with van der Waals surface area (Å²) in [5.74, 6) is 1.89. The van der Waals surface area contributed by atoms with E-state index in [1.807, 2.05) is 28.7 Å². The lowest BCUT2D eigenvalue weighted by atomic mass is 10.1. The van der Waals surface area contributed by atoms with Crippen LogP contribution >= 0.6 is 22.7 Å². The average Bonchev–Trinajstić information content (AvgIpc) is 4.14. The quantitative estimate of drug-likeness (QED) is 0.0957. The van der Waals surface area contributed by atoms with Gasteiger partial charge in [0.1, 0.15) is 0 Å². The monoisotopic (exact) mass is 1040 g/mol. The predicted molar refractivity (Wildman–Crippen MR) is 329 cm³/mol. The van der Waals surface area contributed by atoms with Crippen LogP contribution in [0, 0.1) is 0 Å². The van der Waals surface area contributed by atoms with Crippen LogP contribution in [0.1, 0.15) is 0 Å². The van der Waals surface area contributed by atoms with Gasteiger partial charge in [-0.1, -0.05) is 261 Å². The van der Waals surface area contributed by atoms with Crippen LogP contribution in [-0.2, 0) is 0 Å². The van der Waals surface area contributed by atoms with Crippen molar-refractivity contribution in [2.45, 2.75) is 0 Å². The maximum Gasteiger partial charge on any atom is 0.180 e. The van der Waals surface area contributed by atoms with Crippen LogP contribution in [0.2, 0.25) is 0 Å². The fourth-order valence-electron chi connectivity index (χ4n) is 12.0. The van der Waals surface area contributed by atoms with Gasteiger partial charge in [-0.2, -0.15) is 0 Å². The van der Waals surface area contributed by atoms with Gasteiger partial charge in [0.25, 0.3) is 0 Å². The summed E-state index contributed by atoms with van der Waals surface area (Å²) in [6.07, 6.45) is 0. The summed E-state index contributed by atoms with van der Waals surface area (Å²) >= 11 is 3.75. The van der Waals surface area contributed by atoms with Crippen LogP contribution in [0.3, 0.4) is 0 Å². The summed E-state index contributed by atoms with van der Waals surface area (Å²) < 4.78 is 5.18. The Morgan fingerprint density at radius 1 is 0.237 bits per heavy atom. The summed E-state index contributed by atoms with van der Waals surface area (Å²) in [7, 11) is -6.16. The van der Waals surface area contributed by atoms with Crippen LogP contribution in [0.15, 0.2) is 285 Å². The molecule has 0 aliphatic carbocycles. The molecule has 0 N–H and O–H groups in total. The largest absolute Gasteiger partial charge is 0.208 e. The van der Waals surface area contributed by atoms with E-state index in [-0.39, 0.29) is 0 Å². The number of rotatable bonds is 11. The topological polar surface area (TPSA) is 38.7 Å². The van der Waals surface area contributed by atoms with Crippen molar-refractivity contribution in [3.8, 4) is 34.2 Å². The van der Waals surface area contributed by atoms with E-state index in [1.165, 1.54) is 81.8 Å². The number of thiophene rings is 2. The molecule has 3 heterocycles. The van der Waals surface area contributed by atoms with Crippen molar-refractivity contribution < 1.29 is 0 Å². The lowest BCUT2D eigenvalue weighted by Crippen LogP contribution is -2.74. The Balaban J connectivity index is 1.01. The Morgan fingerprint density at radius 2 is 0.526 bits per heavy atom. The normalized spacial score (nSPS) is 11.9. The van der Waals surface area contributed by atoms with E-state index in [0.29, 0.717) is 17.5 Å². The van der Waals surface area contributed by atoms with E-state index in [1.54, 1.807) is 0 Å². The maximum atomic E-state index is 5.56. The van der Waals surface area contributed by atoms with E-state index in [0.717, 1.165) is 16.7 Å². The van der Waals surface area contributed by atoms with Gasteiger partial charge in [-0.25, -0.2) is 15.0 Å². The van der Waals surface area contributed by atoms with Gasteiger partial charge in [0, 0.05) is 57.0 Å². The van der Waals surface area contributed by atoms with Crippen LogP contribution in [0.25, 0.3) is 74.5 Å². The summed E-state index contributed by atoms with van der Waals surface area (Å²) in [4.78, 5) is 16.4. The Hall–Kier alpha value is -8.70. The second kappa shape index (κ2) is 19.2. The first-order chi connectivity index (χ1) is 37.7. The number of hydrogen-bond donors (Lipinski definition) is 0. The molecule has 0 spiro atoms. The number of aromatic nitrogens is 3. The number of fused-ring (bicyclic) bond motifs is 6. The molecule has 0 aliphatic rings. The van der Waals surface area contributed by atoms with Crippen molar-refractivity contribution in [2.75, 3.05) is 0 Å². The zero-order valence-electron chi connectivity index (χ0n) is 41.3. The molecule has 0 atom stereocenters. The van der Waals surface area contributed by atoms with E-state index < -0.39 is 16.1 Å². The third-order valence-electron chi connectivity index (χ3n) is 15.2. The Labute approximate surface area is 451 Å². The van der Waals surface area contributed by atoms with Gasteiger partial charge in [-0.05, 0) is 65.8 Å². The molecule has 358 valence electrons. The van der Waals surface area contributed by atoms with Gasteiger partial charge < -0.3 is 0 Å². The Kier molecular flexibility index (Phi) is 11.6. The summed E-state index contributed by atoms with van der Waals surface area (Å²) in [5.41, 5.74) is 2.81. The first-order valence-corrected chi connectivity index (χ1v) is 31.4. The number of hydrogen-bond acceptors (Lipinski definition) is 5. The first-order valence-electron chi connectivity index (χ1n) is 25.7. The maximum absolute atomic E-state index is 5.56. The third kappa shape index (κ3) is 7.54. The molecule has 14 aromatic rings. The van der Waals surface area contributed by atoms with Crippen LogP contribution in [-0.4, -0.2) is 31.1 Å². The molecule has 0 amide bonds. The summed E-state index contributed by atoms with van der Waals surface area (Å²) in [6.45, 7) is 0. The van der Waals surface area contributed by atoms with Crippen molar-refractivity contribution in [3.63, 3.8) is 0 Å². The average molecular weight is 1040 g/mol. The standard InChI is InChI=1S/C69H47N3S2Si2/c1-6-24-48(25-7-1)67-70-68(49-26-20-36-55(46-49)75(51-28-8-2-9-29-51,52-30-10-3-11-31-52)63-44-22-42-61-65(63)57-38-16-18-40-59(57)73-61)72-69(71-67)50-27-21-37-56(47-50)76(53-32-12-4-13-33-53,54-34-14-5-15-35-54)64-45-23-43-62-66(64)58-39-17-19-41-60(58)74-62/h1-47H. The van der Waals surface area contributed by atoms with E-state index >= 15 is 0 Å². The summed E-state index contributed by atoms with van der Waals surface area (Å²) in [5, 5.41) is 15.7. The lowest BCUT2D eigenvalue weighted by molar-refractivity contribution is 1.07. The van der Waals surface area contributed by atoms with Crippen LogP contribution in [0.5, 0.6) is 0 Å². The van der Waals surface area contributed by atoms with Crippen LogP contribution in [0.4, 0.5) is 0 Å². The van der Waals surface area contributed by atoms with E-state index in [2.05, 4.69) is 279 Å². The molecule has 0 radical (unpaired) electrons. The summed E-state index contributed by atoms with van der Waals surface area (Å²) in [6, 6.07) is 105. The highest BCUT2D eigenvalue weighted by Crippen LogP contribution is 2.36. The molecular weight excluding hydrogens is 991 g/mol. The minimum Gasteiger partial charge on any atom is -0.208 e. The molecule has 0 saturated heterocycles.